The summed E-state index contributed by atoms with van der Waals surface area (Å²) in [4.78, 5) is 40.2. The number of aromatic nitrogens is 4. The van der Waals surface area contributed by atoms with Gasteiger partial charge in [0.25, 0.3) is 11.6 Å². The Morgan fingerprint density at radius 3 is 1.04 bits per heavy atom. The first-order chi connectivity index (χ1) is 25.1. The van der Waals surface area contributed by atoms with Crippen molar-refractivity contribution >= 4 is 45.8 Å². The smallest absolute Gasteiger partial charge is 0.254 e. The van der Waals surface area contributed by atoms with Crippen LogP contribution < -0.4 is 4.73 Å². The van der Waals surface area contributed by atoms with Crippen molar-refractivity contribution in [2.75, 3.05) is 0 Å². The van der Waals surface area contributed by atoms with Crippen LogP contribution >= 0.6 is 0 Å². The van der Waals surface area contributed by atoms with Crippen molar-refractivity contribution in [3.8, 4) is 44.5 Å². The second-order valence-corrected chi connectivity index (χ2v) is 12.4. The summed E-state index contributed by atoms with van der Waals surface area (Å²) in [6, 6.07) is 45.9. The van der Waals surface area contributed by atoms with Crippen LogP contribution in [0.3, 0.4) is 0 Å². The molecule has 5 heterocycles. The van der Waals surface area contributed by atoms with Crippen LogP contribution in [0, 0.1) is 5.21 Å². The lowest BCUT2D eigenvalue weighted by molar-refractivity contribution is -0.605. The fourth-order valence-corrected chi connectivity index (χ4v) is 7.08. The molecule has 0 saturated heterocycles. The topological polar surface area (TPSA) is 106 Å². The molecular formula is C44H28N4O3. The Morgan fingerprint density at radius 2 is 0.706 bits per heavy atom. The summed E-state index contributed by atoms with van der Waals surface area (Å²) in [5.74, 6) is -1.38. The number of aromatic amines is 2. The van der Waals surface area contributed by atoms with Gasteiger partial charge in [0.2, 0.25) is 11.4 Å². The van der Waals surface area contributed by atoms with Gasteiger partial charge < -0.3 is 15.2 Å². The second kappa shape index (κ2) is 12.1. The van der Waals surface area contributed by atoms with Gasteiger partial charge in [0.1, 0.15) is 11.4 Å². The van der Waals surface area contributed by atoms with Crippen molar-refractivity contribution in [1.29, 1.82) is 0 Å². The fraction of sp³-hybridized carbons (Fsp3) is 0. The zero-order chi connectivity index (χ0) is 34.5. The van der Waals surface area contributed by atoms with E-state index in [9.17, 15) is 14.8 Å². The highest BCUT2D eigenvalue weighted by molar-refractivity contribution is 6.52. The van der Waals surface area contributed by atoms with Crippen LogP contribution in [0.5, 0.6) is 0 Å². The number of benzene rings is 4. The predicted molar refractivity (Wildman–Crippen MR) is 201 cm³/mol. The molecule has 7 nitrogen and oxygen atoms in total. The van der Waals surface area contributed by atoms with E-state index in [0.29, 0.717) is 55.7 Å². The molecule has 242 valence electrons. The third kappa shape index (κ3) is 4.99. The summed E-state index contributed by atoms with van der Waals surface area (Å²) in [5, 5.41) is 14.7. The molecule has 7 heteroatoms. The molecule has 51 heavy (non-hydrogen) atoms. The minimum atomic E-state index is -0.689. The molecule has 0 radical (unpaired) electrons. The summed E-state index contributed by atoms with van der Waals surface area (Å²) in [6.45, 7) is 0. The molecule has 9 rings (SSSR count). The summed E-state index contributed by atoms with van der Waals surface area (Å²) in [7, 11) is 0. The molecule has 0 spiro atoms. The molecule has 0 atom stereocenters. The number of Topliss-reactive ketones (excluding diaryl/α,β-unsaturated/α-hetero) is 2. The number of rotatable bonds is 4. The molecule has 3 aromatic heterocycles. The maximum Gasteiger partial charge on any atom is 0.254 e. The minimum absolute atomic E-state index is 0.0502. The Bertz CT molecular complexity index is 2530. The van der Waals surface area contributed by atoms with Gasteiger partial charge in [-0.25, -0.2) is 4.98 Å². The van der Waals surface area contributed by atoms with Gasteiger partial charge in [0, 0.05) is 34.3 Å². The van der Waals surface area contributed by atoms with Crippen LogP contribution in [0.1, 0.15) is 32.4 Å². The van der Waals surface area contributed by atoms with Gasteiger partial charge in [0.05, 0.1) is 22.2 Å². The third-order valence-corrected chi connectivity index (χ3v) is 9.38. The molecule has 0 aliphatic carbocycles. The number of hydrogen-bond acceptors (Lipinski definition) is 4. The molecule has 7 aromatic rings. The Kier molecular flexibility index (Phi) is 7.10. The summed E-state index contributed by atoms with van der Waals surface area (Å²) in [6.07, 6.45) is 3.70. The first-order valence-electron chi connectivity index (χ1n) is 16.6. The number of nitrogens with one attached hydrogen (secondary N) is 2. The van der Waals surface area contributed by atoms with Crippen molar-refractivity contribution in [1.82, 2.24) is 15.0 Å². The summed E-state index contributed by atoms with van der Waals surface area (Å²) >= 11 is 0. The molecule has 0 saturated carbocycles. The van der Waals surface area contributed by atoms with Gasteiger partial charge in [0.15, 0.2) is 0 Å². The molecule has 0 fully saturated rings. The maximum absolute atomic E-state index is 14.7. The van der Waals surface area contributed by atoms with Crippen molar-refractivity contribution < 1.29 is 14.3 Å². The maximum atomic E-state index is 14.7. The van der Waals surface area contributed by atoms with E-state index in [1.165, 1.54) is 0 Å². The van der Waals surface area contributed by atoms with Crippen LogP contribution in [0.25, 0.3) is 78.7 Å². The van der Waals surface area contributed by atoms with E-state index in [-0.39, 0.29) is 11.4 Å². The molecule has 2 N–H and O–H groups in total. The number of carbonyl (C=O) groups is 2. The third-order valence-electron chi connectivity index (χ3n) is 9.38. The van der Waals surface area contributed by atoms with Crippen molar-refractivity contribution in [2.24, 2.45) is 0 Å². The summed E-state index contributed by atoms with van der Waals surface area (Å²) < 4.78 is 0.983. The van der Waals surface area contributed by atoms with Crippen molar-refractivity contribution in [3.63, 3.8) is 0 Å². The Morgan fingerprint density at radius 1 is 0.412 bits per heavy atom. The van der Waals surface area contributed by atoms with Gasteiger partial charge in [-0.3, -0.25) is 9.59 Å². The van der Waals surface area contributed by atoms with E-state index < -0.39 is 11.6 Å². The Hall–Kier alpha value is -7.12. The Labute approximate surface area is 292 Å². The highest BCUT2D eigenvalue weighted by atomic mass is 16.5. The monoisotopic (exact) mass is 660 g/mol. The van der Waals surface area contributed by atoms with Crippen LogP contribution in [0.2, 0.25) is 0 Å². The van der Waals surface area contributed by atoms with E-state index in [4.69, 9.17) is 4.98 Å². The van der Waals surface area contributed by atoms with E-state index in [0.717, 1.165) is 27.0 Å². The largest absolute Gasteiger partial charge is 0.618 e. The zero-order valence-corrected chi connectivity index (χ0v) is 27.1. The lowest BCUT2D eigenvalue weighted by atomic mass is 9.99. The number of H-pyrrole nitrogens is 2. The number of fused-ring (bicyclic) bond motifs is 8. The highest BCUT2D eigenvalue weighted by Crippen LogP contribution is 2.37. The van der Waals surface area contributed by atoms with Crippen LogP contribution in [-0.2, 0) is 0 Å². The van der Waals surface area contributed by atoms with Gasteiger partial charge in [-0.15, -0.1) is 0 Å². The van der Waals surface area contributed by atoms with Gasteiger partial charge in [-0.05, 0) is 46.5 Å². The normalized spacial score (nSPS) is 12.4. The van der Waals surface area contributed by atoms with E-state index >= 15 is 0 Å². The lowest BCUT2D eigenvalue weighted by Gasteiger charge is -2.08. The molecule has 2 aliphatic heterocycles. The second-order valence-electron chi connectivity index (χ2n) is 12.4. The van der Waals surface area contributed by atoms with Gasteiger partial charge in [-0.1, -0.05) is 121 Å². The van der Waals surface area contributed by atoms with E-state index in [1.807, 2.05) is 158 Å². The zero-order valence-electron chi connectivity index (χ0n) is 27.1. The van der Waals surface area contributed by atoms with Crippen LogP contribution in [0.4, 0.5) is 0 Å². The molecule has 2 aliphatic rings. The SMILES string of the molecule is O=C1C(=O)c2nc1c(-c1ccccc1)c1ccc([nH]1)c(-c1ccccc1)c1[n+]([O-])c(c(-c3ccccc3)c3ccc([nH]3)c2-c2ccccc2)C=C1. The minimum Gasteiger partial charge on any atom is -0.618 e. The lowest BCUT2D eigenvalue weighted by Crippen LogP contribution is -2.31. The number of ketones is 2. The summed E-state index contributed by atoms with van der Waals surface area (Å²) in [5.41, 5.74) is 8.97. The average Bonchev–Trinajstić information content (AvgIpc) is 3.98. The quantitative estimate of drug-likeness (QED) is 0.111. The highest BCUT2D eigenvalue weighted by Gasteiger charge is 2.34. The Balaban J connectivity index is 1.54. The number of carbonyl (C=O) groups excluding carboxylic acids is 2. The fourth-order valence-electron chi connectivity index (χ4n) is 7.08. The number of hydrogen-bond donors (Lipinski definition) is 2. The average molecular weight is 661 g/mol. The first-order valence-corrected chi connectivity index (χ1v) is 16.6. The standard InChI is InChI=1S/C44H28N4O3/c49-43-41-39(29-17-9-3-10-18-29)33-23-21-31(45-33)37(27-13-5-1-6-14-27)35-25-26-36(48(35)51)38(28-15-7-2-8-16-28)32-22-24-34(46-32)40(42(47-41)44(43)50)30-19-11-4-12-20-30/h1-26,45-46H. The van der Waals surface area contributed by atoms with Crippen LogP contribution in [-0.4, -0.2) is 26.5 Å². The molecular weight excluding hydrogens is 633 g/mol. The predicted octanol–water partition coefficient (Wildman–Crippen LogP) is 9.46. The molecule has 8 bridgehead atoms. The van der Waals surface area contributed by atoms with Crippen LogP contribution in [0.15, 0.2) is 146 Å². The number of nitrogens with zero attached hydrogens (tertiary/aromatic N) is 2. The van der Waals surface area contributed by atoms with Gasteiger partial charge >= 0.3 is 0 Å². The van der Waals surface area contributed by atoms with Crippen molar-refractivity contribution in [2.45, 2.75) is 0 Å². The molecule has 4 aromatic carbocycles. The van der Waals surface area contributed by atoms with E-state index in [1.54, 1.807) is 0 Å². The first kappa shape index (κ1) is 30.0. The van der Waals surface area contributed by atoms with Gasteiger partial charge in [-0.2, -0.15) is 4.73 Å². The van der Waals surface area contributed by atoms with Crippen molar-refractivity contribution in [3.05, 3.63) is 174 Å². The van der Waals surface area contributed by atoms with E-state index in [2.05, 4.69) is 9.97 Å². The molecule has 0 unspecified atom stereocenters. The molecule has 0 amide bonds.